The molecule has 21 heavy (non-hydrogen) atoms. The Bertz CT molecular complexity index is 649. The van der Waals surface area contributed by atoms with Crippen LogP contribution in [0.25, 0.3) is 0 Å². The van der Waals surface area contributed by atoms with Gasteiger partial charge in [-0.2, -0.15) is 0 Å². The molecule has 2 N–H and O–H groups in total. The lowest BCUT2D eigenvalue weighted by molar-refractivity contribution is 0.0951. The molecule has 0 unspecified atom stereocenters. The highest BCUT2D eigenvalue weighted by Crippen LogP contribution is 2.17. The SMILES string of the molecule is CCNc1ncc(F)cc1C(=O)NCc1ccccc1Br. The molecule has 0 aliphatic carbocycles. The first-order valence-corrected chi connectivity index (χ1v) is 7.32. The number of halogens is 2. The molecule has 0 aliphatic heterocycles. The van der Waals surface area contributed by atoms with Gasteiger partial charge in [-0.3, -0.25) is 4.79 Å². The summed E-state index contributed by atoms with van der Waals surface area (Å²) in [6, 6.07) is 8.77. The number of carbonyl (C=O) groups excluding carboxylic acids is 1. The van der Waals surface area contributed by atoms with Gasteiger partial charge in [-0.25, -0.2) is 9.37 Å². The summed E-state index contributed by atoms with van der Waals surface area (Å²) in [5.74, 6) is -0.528. The number of rotatable bonds is 5. The lowest BCUT2D eigenvalue weighted by atomic mass is 10.2. The van der Waals surface area contributed by atoms with E-state index in [1.807, 2.05) is 31.2 Å². The molecule has 0 saturated carbocycles. The second-order valence-electron chi connectivity index (χ2n) is 4.35. The minimum Gasteiger partial charge on any atom is -0.370 e. The molecule has 6 heteroatoms. The van der Waals surface area contributed by atoms with Crippen LogP contribution in [0.5, 0.6) is 0 Å². The van der Waals surface area contributed by atoms with Crippen LogP contribution in [0.1, 0.15) is 22.8 Å². The smallest absolute Gasteiger partial charge is 0.255 e. The molecule has 110 valence electrons. The molecule has 1 heterocycles. The lowest BCUT2D eigenvalue weighted by Gasteiger charge is -2.11. The van der Waals surface area contributed by atoms with Crippen LogP contribution in [-0.4, -0.2) is 17.4 Å². The predicted octanol–water partition coefficient (Wildman–Crippen LogP) is 3.35. The fourth-order valence-corrected chi connectivity index (χ4v) is 2.26. The Morgan fingerprint density at radius 3 is 2.86 bits per heavy atom. The van der Waals surface area contributed by atoms with Crippen molar-refractivity contribution in [2.45, 2.75) is 13.5 Å². The fraction of sp³-hybridized carbons (Fsp3) is 0.200. The van der Waals surface area contributed by atoms with Gasteiger partial charge >= 0.3 is 0 Å². The summed E-state index contributed by atoms with van der Waals surface area (Å²) in [5, 5.41) is 5.71. The Labute approximate surface area is 130 Å². The molecule has 2 aromatic rings. The maximum atomic E-state index is 13.3. The van der Waals surface area contributed by atoms with E-state index < -0.39 is 5.82 Å². The minimum atomic E-state index is -0.539. The molecule has 0 radical (unpaired) electrons. The first-order chi connectivity index (χ1) is 10.1. The maximum Gasteiger partial charge on any atom is 0.255 e. The number of benzene rings is 1. The van der Waals surface area contributed by atoms with Gasteiger partial charge in [0, 0.05) is 17.6 Å². The summed E-state index contributed by atoms with van der Waals surface area (Å²) < 4.78 is 14.2. The first kappa shape index (κ1) is 15.4. The number of aromatic nitrogens is 1. The predicted molar refractivity (Wildman–Crippen MR) is 83.7 cm³/mol. The van der Waals surface area contributed by atoms with E-state index in [0.29, 0.717) is 18.9 Å². The number of anilines is 1. The van der Waals surface area contributed by atoms with Crippen molar-refractivity contribution in [1.29, 1.82) is 0 Å². The number of pyridine rings is 1. The zero-order chi connectivity index (χ0) is 15.2. The number of hydrogen-bond donors (Lipinski definition) is 2. The molecule has 0 atom stereocenters. The molecule has 1 aromatic heterocycles. The van der Waals surface area contributed by atoms with Gasteiger partial charge in [0.2, 0.25) is 0 Å². The van der Waals surface area contributed by atoms with Crippen molar-refractivity contribution in [3.63, 3.8) is 0 Å². The Balaban J connectivity index is 2.13. The average Bonchev–Trinajstić information content (AvgIpc) is 2.48. The van der Waals surface area contributed by atoms with Crippen LogP contribution in [-0.2, 0) is 6.54 Å². The van der Waals surface area contributed by atoms with Crippen LogP contribution >= 0.6 is 15.9 Å². The van der Waals surface area contributed by atoms with E-state index in [4.69, 9.17) is 0 Å². The van der Waals surface area contributed by atoms with Crippen LogP contribution in [0.2, 0.25) is 0 Å². The molecule has 2 rings (SSSR count). The summed E-state index contributed by atoms with van der Waals surface area (Å²) in [7, 11) is 0. The van der Waals surface area contributed by atoms with Crippen molar-refractivity contribution in [2.24, 2.45) is 0 Å². The molecular weight excluding hydrogens is 337 g/mol. The van der Waals surface area contributed by atoms with Crippen molar-refractivity contribution < 1.29 is 9.18 Å². The Hall–Kier alpha value is -1.95. The number of carbonyl (C=O) groups is 1. The van der Waals surface area contributed by atoms with Gasteiger partial charge in [-0.05, 0) is 24.6 Å². The number of amides is 1. The van der Waals surface area contributed by atoms with Gasteiger partial charge in [0.1, 0.15) is 11.6 Å². The molecule has 1 amide bonds. The van der Waals surface area contributed by atoms with Gasteiger partial charge in [-0.1, -0.05) is 34.1 Å². The van der Waals surface area contributed by atoms with Crippen LogP contribution in [0, 0.1) is 5.82 Å². The van der Waals surface area contributed by atoms with Crippen LogP contribution in [0.4, 0.5) is 10.2 Å². The van der Waals surface area contributed by atoms with Crippen LogP contribution < -0.4 is 10.6 Å². The molecule has 1 aromatic carbocycles. The third-order valence-corrected chi connectivity index (χ3v) is 3.61. The molecule has 0 fully saturated rings. The second kappa shape index (κ2) is 7.17. The van der Waals surface area contributed by atoms with Crippen LogP contribution in [0.3, 0.4) is 0 Å². The van der Waals surface area contributed by atoms with Gasteiger partial charge in [0.15, 0.2) is 0 Å². The quantitative estimate of drug-likeness (QED) is 0.868. The van der Waals surface area contributed by atoms with Crippen molar-refractivity contribution in [2.75, 3.05) is 11.9 Å². The van der Waals surface area contributed by atoms with Gasteiger partial charge < -0.3 is 10.6 Å². The summed E-state index contributed by atoms with van der Waals surface area (Å²) in [4.78, 5) is 16.1. The molecule has 0 saturated heterocycles. The van der Waals surface area contributed by atoms with E-state index in [9.17, 15) is 9.18 Å². The monoisotopic (exact) mass is 351 g/mol. The third-order valence-electron chi connectivity index (χ3n) is 2.84. The van der Waals surface area contributed by atoms with Crippen molar-refractivity contribution in [3.8, 4) is 0 Å². The number of hydrogen-bond acceptors (Lipinski definition) is 3. The fourth-order valence-electron chi connectivity index (χ4n) is 1.83. The van der Waals surface area contributed by atoms with Gasteiger partial charge in [0.25, 0.3) is 5.91 Å². The van der Waals surface area contributed by atoms with Crippen molar-refractivity contribution >= 4 is 27.7 Å². The second-order valence-corrected chi connectivity index (χ2v) is 5.21. The first-order valence-electron chi connectivity index (χ1n) is 6.53. The highest BCUT2D eigenvalue weighted by atomic mass is 79.9. The van der Waals surface area contributed by atoms with E-state index in [2.05, 4.69) is 31.5 Å². The van der Waals surface area contributed by atoms with E-state index in [1.165, 1.54) is 6.07 Å². The zero-order valence-corrected chi connectivity index (χ0v) is 13.1. The lowest BCUT2D eigenvalue weighted by Crippen LogP contribution is -2.24. The summed E-state index contributed by atoms with van der Waals surface area (Å²) >= 11 is 3.42. The third kappa shape index (κ3) is 4.01. The minimum absolute atomic E-state index is 0.198. The summed E-state index contributed by atoms with van der Waals surface area (Å²) in [6.45, 7) is 2.83. The summed E-state index contributed by atoms with van der Waals surface area (Å²) in [6.07, 6.45) is 1.09. The van der Waals surface area contributed by atoms with Gasteiger partial charge in [0.05, 0.1) is 11.8 Å². The van der Waals surface area contributed by atoms with Crippen LogP contribution in [0.15, 0.2) is 41.0 Å². The number of nitrogens with one attached hydrogen (secondary N) is 2. The molecule has 4 nitrogen and oxygen atoms in total. The number of nitrogens with zero attached hydrogens (tertiary/aromatic N) is 1. The van der Waals surface area contributed by atoms with E-state index in [1.54, 1.807) is 0 Å². The van der Waals surface area contributed by atoms with E-state index in [-0.39, 0.29) is 11.5 Å². The Morgan fingerprint density at radius 2 is 2.14 bits per heavy atom. The standard InChI is InChI=1S/C15H15BrFN3O/c1-2-18-14-12(7-11(17)9-19-14)15(21)20-8-10-5-3-4-6-13(10)16/h3-7,9H,2,8H2,1H3,(H,18,19)(H,20,21). The Morgan fingerprint density at radius 1 is 1.38 bits per heavy atom. The highest BCUT2D eigenvalue weighted by molar-refractivity contribution is 9.10. The molecule has 0 bridgehead atoms. The maximum absolute atomic E-state index is 13.3. The van der Waals surface area contributed by atoms with Crippen molar-refractivity contribution in [3.05, 3.63) is 57.9 Å². The molecule has 0 aliphatic rings. The van der Waals surface area contributed by atoms with E-state index in [0.717, 1.165) is 16.2 Å². The highest BCUT2D eigenvalue weighted by Gasteiger charge is 2.13. The normalized spacial score (nSPS) is 10.2. The Kier molecular flexibility index (Phi) is 5.27. The topological polar surface area (TPSA) is 54.0 Å². The van der Waals surface area contributed by atoms with Crippen molar-refractivity contribution in [1.82, 2.24) is 10.3 Å². The molecular formula is C15H15BrFN3O. The largest absolute Gasteiger partial charge is 0.370 e. The average molecular weight is 352 g/mol. The van der Waals surface area contributed by atoms with Gasteiger partial charge in [-0.15, -0.1) is 0 Å². The van der Waals surface area contributed by atoms with E-state index >= 15 is 0 Å². The molecule has 0 spiro atoms. The zero-order valence-electron chi connectivity index (χ0n) is 11.5. The summed E-state index contributed by atoms with van der Waals surface area (Å²) in [5.41, 5.74) is 1.14.